The average molecular weight is 589 g/mol. The highest BCUT2D eigenvalue weighted by atomic mass is 16.3. The molecular formula is C43H28N2O. The van der Waals surface area contributed by atoms with Gasteiger partial charge in [-0.3, -0.25) is 4.98 Å². The summed E-state index contributed by atoms with van der Waals surface area (Å²) in [6.07, 6.45) is 3.66. The fourth-order valence-electron chi connectivity index (χ4n) is 6.86. The van der Waals surface area contributed by atoms with E-state index in [1.807, 2.05) is 12.4 Å². The Bertz CT molecular complexity index is 2540. The number of para-hydroxylation sites is 1. The SMILES string of the molecule is c1ccc(-c2cccc(N(c3ccccc3-c3cccc4ccccc34)c3c4ccccc4cc4oc5cnccc5c34)c2)cc1. The Morgan fingerprint density at radius 2 is 1.17 bits per heavy atom. The van der Waals surface area contributed by atoms with E-state index in [-0.39, 0.29) is 0 Å². The molecule has 7 aromatic carbocycles. The van der Waals surface area contributed by atoms with Crippen molar-refractivity contribution in [3.05, 3.63) is 170 Å². The monoisotopic (exact) mass is 588 g/mol. The number of hydrogen-bond donors (Lipinski definition) is 0. The number of pyridine rings is 1. The lowest BCUT2D eigenvalue weighted by atomic mass is 9.95. The molecule has 0 bridgehead atoms. The molecule has 0 fully saturated rings. The zero-order chi connectivity index (χ0) is 30.5. The summed E-state index contributed by atoms with van der Waals surface area (Å²) < 4.78 is 6.50. The molecule has 0 saturated carbocycles. The molecule has 0 aliphatic heterocycles. The van der Waals surface area contributed by atoms with Crippen molar-refractivity contribution in [1.29, 1.82) is 0 Å². The van der Waals surface area contributed by atoms with Crippen molar-refractivity contribution in [3.8, 4) is 22.3 Å². The van der Waals surface area contributed by atoms with Gasteiger partial charge in [-0.15, -0.1) is 0 Å². The molecule has 0 amide bonds. The number of nitrogens with zero attached hydrogens (tertiary/aromatic N) is 2. The van der Waals surface area contributed by atoms with E-state index in [0.29, 0.717) is 0 Å². The van der Waals surface area contributed by atoms with Crippen LogP contribution in [0.2, 0.25) is 0 Å². The second-order valence-corrected chi connectivity index (χ2v) is 11.6. The number of fused-ring (bicyclic) bond motifs is 5. The number of aromatic nitrogens is 1. The van der Waals surface area contributed by atoms with Gasteiger partial charge in [-0.2, -0.15) is 0 Å². The first-order chi connectivity index (χ1) is 22.8. The Kier molecular flexibility index (Phi) is 6.14. The predicted octanol–water partition coefficient (Wildman–Crippen LogP) is 12.1. The van der Waals surface area contributed by atoms with Gasteiger partial charge >= 0.3 is 0 Å². The second-order valence-electron chi connectivity index (χ2n) is 11.6. The molecular weight excluding hydrogens is 560 g/mol. The summed E-state index contributed by atoms with van der Waals surface area (Å²) in [5.74, 6) is 0. The summed E-state index contributed by atoms with van der Waals surface area (Å²) in [6, 6.07) is 56.2. The Morgan fingerprint density at radius 3 is 2.09 bits per heavy atom. The van der Waals surface area contributed by atoms with Gasteiger partial charge in [0, 0.05) is 28.2 Å². The van der Waals surface area contributed by atoms with Crippen LogP contribution in [0.15, 0.2) is 175 Å². The zero-order valence-electron chi connectivity index (χ0n) is 25.0. The topological polar surface area (TPSA) is 29.3 Å². The van der Waals surface area contributed by atoms with Crippen LogP contribution in [0.4, 0.5) is 17.1 Å². The molecule has 0 unspecified atom stereocenters. The maximum atomic E-state index is 6.50. The second kappa shape index (κ2) is 10.8. The van der Waals surface area contributed by atoms with E-state index in [9.17, 15) is 0 Å². The van der Waals surface area contributed by atoms with Crippen LogP contribution in [-0.2, 0) is 0 Å². The standard InChI is InChI=1S/C43H28N2O/c1-2-12-29(13-3-1)31-17-10-18-33(26-31)45(39-23-9-8-21-37(39)36-22-11-16-30-14-4-6-19-34(30)36)43-35-20-7-5-15-32(35)27-40-42(43)38-24-25-44-28-41(38)46-40/h1-28H. The third-order valence-corrected chi connectivity index (χ3v) is 8.92. The molecule has 46 heavy (non-hydrogen) atoms. The van der Waals surface area contributed by atoms with E-state index >= 15 is 0 Å². The van der Waals surface area contributed by atoms with E-state index in [4.69, 9.17) is 4.42 Å². The quantitative estimate of drug-likeness (QED) is 0.200. The Hall–Kier alpha value is -6.19. The molecule has 3 heteroatoms. The van der Waals surface area contributed by atoms with E-state index in [1.165, 1.54) is 21.9 Å². The minimum Gasteiger partial charge on any atom is -0.454 e. The summed E-state index contributed by atoms with van der Waals surface area (Å²) in [5, 5.41) is 6.80. The molecule has 0 aliphatic carbocycles. The molecule has 0 saturated heterocycles. The average Bonchev–Trinajstić information content (AvgIpc) is 3.50. The summed E-state index contributed by atoms with van der Waals surface area (Å²) >= 11 is 0. The fraction of sp³-hybridized carbons (Fsp3) is 0. The zero-order valence-corrected chi connectivity index (χ0v) is 25.0. The molecule has 216 valence electrons. The van der Waals surface area contributed by atoms with Crippen molar-refractivity contribution >= 4 is 60.5 Å². The maximum absolute atomic E-state index is 6.50. The summed E-state index contributed by atoms with van der Waals surface area (Å²) in [7, 11) is 0. The van der Waals surface area contributed by atoms with Gasteiger partial charge in [-0.1, -0.05) is 127 Å². The van der Waals surface area contributed by atoms with Crippen LogP contribution in [0.5, 0.6) is 0 Å². The third kappa shape index (κ3) is 4.25. The molecule has 0 spiro atoms. The highest BCUT2D eigenvalue weighted by Gasteiger charge is 2.25. The molecule has 9 aromatic rings. The van der Waals surface area contributed by atoms with E-state index in [2.05, 4.69) is 168 Å². The lowest BCUT2D eigenvalue weighted by Gasteiger charge is -2.30. The molecule has 2 heterocycles. The van der Waals surface area contributed by atoms with E-state index in [1.54, 1.807) is 0 Å². The minimum absolute atomic E-state index is 0.773. The smallest absolute Gasteiger partial charge is 0.153 e. The first-order valence-corrected chi connectivity index (χ1v) is 15.5. The number of hydrogen-bond acceptors (Lipinski definition) is 3. The van der Waals surface area contributed by atoms with Crippen molar-refractivity contribution in [1.82, 2.24) is 4.98 Å². The molecule has 3 nitrogen and oxygen atoms in total. The Balaban J connectivity index is 1.42. The van der Waals surface area contributed by atoms with Crippen molar-refractivity contribution in [2.24, 2.45) is 0 Å². The summed E-state index contributed by atoms with van der Waals surface area (Å²) in [4.78, 5) is 6.82. The summed E-state index contributed by atoms with van der Waals surface area (Å²) in [5.41, 5.74) is 9.52. The lowest BCUT2D eigenvalue weighted by Crippen LogP contribution is -2.12. The van der Waals surface area contributed by atoms with E-state index < -0.39 is 0 Å². The Morgan fingerprint density at radius 1 is 0.478 bits per heavy atom. The van der Waals surface area contributed by atoms with Gasteiger partial charge in [0.15, 0.2) is 5.58 Å². The molecule has 0 atom stereocenters. The maximum Gasteiger partial charge on any atom is 0.153 e. The van der Waals surface area contributed by atoms with Gasteiger partial charge in [-0.25, -0.2) is 0 Å². The van der Waals surface area contributed by atoms with Crippen molar-refractivity contribution in [2.75, 3.05) is 4.90 Å². The van der Waals surface area contributed by atoms with Crippen molar-refractivity contribution < 1.29 is 4.42 Å². The number of anilines is 3. The van der Waals surface area contributed by atoms with Crippen molar-refractivity contribution in [2.45, 2.75) is 0 Å². The van der Waals surface area contributed by atoms with Gasteiger partial charge in [-0.05, 0) is 63.2 Å². The molecule has 9 rings (SSSR count). The predicted molar refractivity (Wildman–Crippen MR) is 192 cm³/mol. The Labute approximate surface area is 266 Å². The van der Waals surface area contributed by atoms with Gasteiger partial charge in [0.05, 0.1) is 23.0 Å². The first kappa shape index (κ1) is 26.2. The molecule has 0 N–H and O–H groups in total. The molecule has 0 radical (unpaired) electrons. The third-order valence-electron chi connectivity index (χ3n) is 8.92. The lowest BCUT2D eigenvalue weighted by molar-refractivity contribution is 0.667. The van der Waals surface area contributed by atoms with Gasteiger partial charge < -0.3 is 9.32 Å². The fourth-order valence-corrected chi connectivity index (χ4v) is 6.86. The number of benzene rings is 7. The van der Waals surface area contributed by atoms with Crippen LogP contribution in [0, 0.1) is 0 Å². The number of furan rings is 1. The molecule has 2 aromatic heterocycles. The van der Waals surface area contributed by atoms with Gasteiger partial charge in [0.2, 0.25) is 0 Å². The van der Waals surface area contributed by atoms with Crippen LogP contribution in [0.25, 0.3) is 65.7 Å². The first-order valence-electron chi connectivity index (χ1n) is 15.5. The van der Waals surface area contributed by atoms with E-state index in [0.717, 1.165) is 60.9 Å². The van der Waals surface area contributed by atoms with Crippen LogP contribution in [-0.4, -0.2) is 4.98 Å². The van der Waals surface area contributed by atoms with Crippen LogP contribution in [0.1, 0.15) is 0 Å². The normalized spacial score (nSPS) is 11.5. The van der Waals surface area contributed by atoms with Crippen LogP contribution < -0.4 is 4.90 Å². The van der Waals surface area contributed by atoms with Crippen LogP contribution in [0.3, 0.4) is 0 Å². The van der Waals surface area contributed by atoms with Gasteiger partial charge in [0.25, 0.3) is 0 Å². The van der Waals surface area contributed by atoms with Crippen LogP contribution >= 0.6 is 0 Å². The highest BCUT2D eigenvalue weighted by molar-refractivity contribution is 6.22. The number of rotatable bonds is 5. The largest absolute Gasteiger partial charge is 0.454 e. The minimum atomic E-state index is 0.773. The van der Waals surface area contributed by atoms with Gasteiger partial charge in [0.1, 0.15) is 5.58 Å². The summed E-state index contributed by atoms with van der Waals surface area (Å²) in [6.45, 7) is 0. The molecule has 0 aliphatic rings. The highest BCUT2D eigenvalue weighted by Crippen LogP contribution is 2.50. The van der Waals surface area contributed by atoms with Crippen molar-refractivity contribution in [3.63, 3.8) is 0 Å².